The van der Waals surface area contributed by atoms with E-state index in [1.54, 1.807) is 0 Å². The molecule has 0 amide bonds. The van der Waals surface area contributed by atoms with Crippen LogP contribution in [0.15, 0.2) is 84.9 Å². The first-order chi connectivity index (χ1) is 17.5. The van der Waals surface area contributed by atoms with Gasteiger partial charge in [0, 0.05) is 18.7 Å². The summed E-state index contributed by atoms with van der Waals surface area (Å²) < 4.78 is 60.0. The fourth-order valence-corrected chi connectivity index (χ4v) is 5.75. The van der Waals surface area contributed by atoms with Crippen LogP contribution < -0.4 is 0 Å². The molecular weight excluding hydrogens is 501 g/mol. The Kier molecular flexibility index (Phi) is 6.52. The smallest absolute Gasteiger partial charge is 0.485 e. The van der Waals surface area contributed by atoms with Crippen molar-refractivity contribution >= 4 is 31.7 Å². The Morgan fingerprint density at radius 3 is 1.70 bits per heavy atom. The van der Waals surface area contributed by atoms with Crippen LogP contribution in [-0.2, 0) is 10.1 Å². The van der Waals surface area contributed by atoms with Crippen LogP contribution in [0.4, 0.5) is 13.2 Å². The summed E-state index contributed by atoms with van der Waals surface area (Å²) in [5, 5.41) is 5.36. The van der Waals surface area contributed by atoms with Gasteiger partial charge in [-0.2, -0.15) is 13.2 Å². The van der Waals surface area contributed by atoms with Crippen LogP contribution in [0.3, 0.4) is 0 Å². The standard InChI is InChI=1S/C27H27N2.CHF3O3S/c1-29-16-14-28(15-17-29)26(24-12-10-20-6-2-4-8-22(20)18-24)27(29)25-13-11-21-7-3-5-9-23(21)19-25;2-1(3,4)8(5,6)7/h2-13,18-19,26-27H,14-17H2,1H3;(H,5,6,7)/q+1;/p-1/t26-,27-;/m0./s1. The van der Waals surface area contributed by atoms with Crippen LogP contribution in [0.1, 0.15) is 23.2 Å². The molecule has 3 heterocycles. The number of alkyl halides is 3. The van der Waals surface area contributed by atoms with E-state index in [0.717, 1.165) is 4.48 Å². The highest BCUT2D eigenvalue weighted by atomic mass is 32.2. The predicted octanol–water partition coefficient (Wildman–Crippen LogP) is 5.60. The molecule has 2 bridgehead atoms. The minimum atomic E-state index is -6.09. The Balaban J connectivity index is 0.000000307. The Hall–Kier alpha value is -2.98. The third-order valence-electron chi connectivity index (χ3n) is 7.67. The number of fused-ring (bicyclic) bond motifs is 5. The number of likely N-dealkylation sites (N-methyl/N-ethyl adjacent to an activating group) is 1. The molecule has 3 aliphatic rings. The Morgan fingerprint density at radius 2 is 1.22 bits per heavy atom. The van der Waals surface area contributed by atoms with Crippen LogP contribution in [0.25, 0.3) is 21.5 Å². The van der Waals surface area contributed by atoms with Crippen molar-refractivity contribution in [1.82, 2.24) is 4.90 Å². The van der Waals surface area contributed by atoms with E-state index in [1.165, 1.54) is 58.9 Å². The maximum Gasteiger partial charge on any atom is 0.485 e. The first-order valence-corrected chi connectivity index (χ1v) is 13.4. The molecule has 4 aromatic rings. The van der Waals surface area contributed by atoms with E-state index < -0.39 is 15.6 Å². The van der Waals surface area contributed by atoms with Crippen molar-refractivity contribution in [2.24, 2.45) is 0 Å². The van der Waals surface area contributed by atoms with Crippen molar-refractivity contribution in [3.05, 3.63) is 96.1 Å². The van der Waals surface area contributed by atoms with Crippen LogP contribution in [0.5, 0.6) is 0 Å². The second-order valence-electron chi connectivity index (χ2n) is 9.97. The van der Waals surface area contributed by atoms with Crippen molar-refractivity contribution in [3.8, 4) is 0 Å². The lowest BCUT2D eigenvalue weighted by Crippen LogP contribution is -2.67. The fraction of sp³-hybridized carbons (Fsp3) is 0.286. The highest BCUT2D eigenvalue weighted by Gasteiger charge is 2.51. The Morgan fingerprint density at radius 1 is 0.784 bits per heavy atom. The van der Waals surface area contributed by atoms with Gasteiger partial charge in [-0.25, -0.2) is 8.42 Å². The van der Waals surface area contributed by atoms with E-state index in [4.69, 9.17) is 13.0 Å². The monoisotopic (exact) mass is 528 g/mol. The van der Waals surface area contributed by atoms with Gasteiger partial charge >= 0.3 is 5.51 Å². The quantitative estimate of drug-likeness (QED) is 0.193. The average Bonchev–Trinajstić information content (AvgIpc) is 2.87. The van der Waals surface area contributed by atoms with E-state index in [1.807, 2.05) is 0 Å². The van der Waals surface area contributed by atoms with Crippen LogP contribution >= 0.6 is 0 Å². The summed E-state index contributed by atoms with van der Waals surface area (Å²) in [6.45, 7) is 4.86. The number of piperazine rings is 3. The summed E-state index contributed by atoms with van der Waals surface area (Å²) in [5.74, 6) is 0. The normalized spacial score (nSPS) is 25.6. The minimum Gasteiger partial charge on any atom is -0.741 e. The lowest BCUT2D eigenvalue weighted by atomic mass is 9.83. The highest BCUT2D eigenvalue weighted by Crippen LogP contribution is 2.48. The zero-order valence-electron chi connectivity index (χ0n) is 20.2. The third kappa shape index (κ3) is 4.96. The summed E-state index contributed by atoms with van der Waals surface area (Å²) in [5.41, 5.74) is -2.70. The van der Waals surface area contributed by atoms with E-state index in [-0.39, 0.29) is 0 Å². The number of benzene rings is 4. The molecule has 194 valence electrons. The molecule has 3 saturated heterocycles. The van der Waals surface area contributed by atoms with E-state index in [0.29, 0.717) is 12.1 Å². The molecule has 0 unspecified atom stereocenters. The van der Waals surface area contributed by atoms with Gasteiger partial charge in [0.1, 0.15) is 6.04 Å². The van der Waals surface area contributed by atoms with Crippen LogP contribution in [-0.4, -0.2) is 61.1 Å². The van der Waals surface area contributed by atoms with E-state index >= 15 is 0 Å². The van der Waals surface area contributed by atoms with Crippen LogP contribution in [0, 0.1) is 0 Å². The molecular formula is C28H27F3N2O3S. The van der Waals surface area contributed by atoms with Crippen LogP contribution in [0.2, 0.25) is 0 Å². The molecule has 2 atom stereocenters. The summed E-state index contributed by atoms with van der Waals surface area (Å²) in [6.07, 6.45) is 0. The van der Waals surface area contributed by atoms with Gasteiger partial charge in [0.2, 0.25) is 0 Å². The Bertz CT molecular complexity index is 1550. The number of hydrogen-bond acceptors (Lipinski definition) is 4. The molecule has 0 radical (unpaired) electrons. The summed E-state index contributed by atoms with van der Waals surface area (Å²) in [4.78, 5) is 2.73. The maximum absolute atomic E-state index is 10.7. The van der Waals surface area contributed by atoms with Gasteiger partial charge in [-0.1, -0.05) is 72.8 Å². The molecule has 0 aliphatic carbocycles. The third-order valence-corrected chi connectivity index (χ3v) is 8.24. The number of quaternary nitrogens is 1. The van der Waals surface area contributed by atoms with Gasteiger partial charge < -0.3 is 9.04 Å². The molecule has 0 saturated carbocycles. The van der Waals surface area contributed by atoms with E-state index in [9.17, 15) is 13.2 Å². The number of hydrogen-bond donors (Lipinski definition) is 0. The summed E-state index contributed by atoms with van der Waals surface area (Å²) in [6, 6.07) is 32.6. The molecule has 3 aliphatic heterocycles. The molecule has 9 heteroatoms. The van der Waals surface area contributed by atoms with Gasteiger partial charge in [0.25, 0.3) is 0 Å². The van der Waals surface area contributed by atoms with Gasteiger partial charge in [0.15, 0.2) is 10.1 Å². The zero-order chi connectivity index (χ0) is 26.4. The molecule has 5 nitrogen and oxygen atoms in total. The second kappa shape index (κ2) is 9.40. The molecule has 3 fully saturated rings. The first kappa shape index (κ1) is 25.7. The minimum absolute atomic E-state index is 0.438. The van der Waals surface area contributed by atoms with Crippen molar-refractivity contribution in [1.29, 1.82) is 0 Å². The van der Waals surface area contributed by atoms with Crippen molar-refractivity contribution in [3.63, 3.8) is 0 Å². The van der Waals surface area contributed by atoms with Gasteiger partial charge in [-0.15, -0.1) is 0 Å². The number of nitrogens with zero attached hydrogens (tertiary/aromatic N) is 2. The maximum atomic E-state index is 10.7. The van der Waals surface area contributed by atoms with Gasteiger partial charge in [0.05, 0.1) is 26.2 Å². The molecule has 37 heavy (non-hydrogen) atoms. The molecule has 0 N–H and O–H groups in total. The molecule has 4 aromatic carbocycles. The SMILES string of the molecule is C[N+]12CCN(CC1)[C@@H](c1ccc3ccccc3c1)[C@@H]2c1ccc2ccccc2c1.O=S(=O)([O-])C(F)(F)F. The van der Waals surface area contributed by atoms with Crippen molar-refractivity contribution in [2.45, 2.75) is 17.6 Å². The zero-order valence-corrected chi connectivity index (χ0v) is 21.0. The second-order valence-corrected chi connectivity index (χ2v) is 11.3. The topological polar surface area (TPSA) is 60.4 Å². The summed E-state index contributed by atoms with van der Waals surface area (Å²) >= 11 is 0. The molecule has 0 aromatic heterocycles. The lowest BCUT2D eigenvalue weighted by Gasteiger charge is -2.58. The first-order valence-electron chi connectivity index (χ1n) is 12.0. The van der Waals surface area contributed by atoms with Gasteiger partial charge in [-0.3, -0.25) is 4.90 Å². The van der Waals surface area contributed by atoms with Crippen molar-refractivity contribution < 1.29 is 30.6 Å². The molecule has 7 rings (SSSR count). The van der Waals surface area contributed by atoms with E-state index in [2.05, 4.69) is 96.9 Å². The number of halogens is 3. The Labute approximate surface area is 214 Å². The summed E-state index contributed by atoms with van der Waals surface area (Å²) in [7, 11) is -3.61. The van der Waals surface area contributed by atoms with Crippen molar-refractivity contribution in [2.75, 3.05) is 33.2 Å². The average molecular weight is 529 g/mol. The molecule has 0 spiro atoms. The van der Waals surface area contributed by atoms with Gasteiger partial charge in [-0.05, 0) is 39.2 Å². The predicted molar refractivity (Wildman–Crippen MR) is 137 cm³/mol. The fourth-order valence-electron chi connectivity index (χ4n) is 5.75. The largest absolute Gasteiger partial charge is 0.741 e. The lowest BCUT2D eigenvalue weighted by molar-refractivity contribution is -0.958. The number of rotatable bonds is 2. The highest BCUT2D eigenvalue weighted by molar-refractivity contribution is 7.86.